The first-order chi connectivity index (χ1) is 59.2. The van der Waals surface area contributed by atoms with Gasteiger partial charge >= 0.3 is 239 Å². The second-order valence-electron chi connectivity index (χ2n) is 31.9. The van der Waals surface area contributed by atoms with Gasteiger partial charge in [-0.25, -0.2) is 0 Å². The molecular weight excluding hydrogens is 1830 g/mol. The van der Waals surface area contributed by atoms with Gasteiger partial charge < -0.3 is 44.9 Å². The number of anilines is 4. The fourth-order valence-electron chi connectivity index (χ4n) is 16.3. The molecule has 2 aliphatic rings. The maximum Gasteiger partial charge on any atom is 1.00 e. The van der Waals surface area contributed by atoms with Gasteiger partial charge in [0.2, 0.25) is 0 Å². The van der Waals surface area contributed by atoms with Crippen molar-refractivity contribution in [2.24, 2.45) is 0 Å². The molecule has 0 aliphatic carbocycles. The van der Waals surface area contributed by atoms with Crippen molar-refractivity contribution in [3.63, 3.8) is 0 Å². The first kappa shape index (κ1) is 101. The molecule has 2 heterocycles. The molecule has 2 aliphatic heterocycles. The fourth-order valence-corrected chi connectivity index (χ4v) is 20.0. The van der Waals surface area contributed by atoms with Crippen LogP contribution in [0.5, 0.6) is 11.5 Å². The van der Waals surface area contributed by atoms with E-state index in [0.717, 1.165) is 103 Å². The predicted octanol–water partition coefficient (Wildman–Crippen LogP) is 27.2. The minimum absolute atomic E-state index is 0. The summed E-state index contributed by atoms with van der Waals surface area (Å²) < 4.78 is 15.2. The Bertz CT molecular complexity index is 5260. The van der Waals surface area contributed by atoms with Crippen LogP contribution in [0, 0.1) is 96.4 Å². The van der Waals surface area contributed by atoms with Crippen LogP contribution in [0.4, 0.5) is 22.7 Å². The molecule has 2 saturated heterocycles. The van der Waals surface area contributed by atoms with Crippen LogP contribution in [-0.2, 0) is 54.5 Å². The first-order valence-electron chi connectivity index (χ1n) is 41.7. The van der Waals surface area contributed by atoms with Crippen LogP contribution < -0.4 is 80.5 Å². The van der Waals surface area contributed by atoms with Crippen molar-refractivity contribution in [2.45, 2.75) is 140 Å². The Hall–Kier alpha value is -8.19. The van der Waals surface area contributed by atoms with E-state index in [1.54, 1.807) is 0 Å². The van der Waals surface area contributed by atoms with E-state index in [2.05, 4.69) is 334 Å². The van der Waals surface area contributed by atoms with Crippen molar-refractivity contribution in [1.29, 1.82) is 0 Å². The average Bonchev–Trinajstić information content (AvgIpc) is 1.78. The largest absolute Gasteiger partial charge is 1.00 e. The molecule has 14 aromatic rings. The third kappa shape index (κ3) is 28.2. The minimum atomic E-state index is -1.77. The Morgan fingerprint density at radius 2 is 0.536 bits per heavy atom. The smallest absolute Gasteiger partial charge is 0.779 e. The van der Waals surface area contributed by atoms with Gasteiger partial charge in [-0.15, -0.1) is 0 Å². The summed E-state index contributed by atoms with van der Waals surface area (Å²) in [5.74, 6) is 1.77. The standard InChI is InChI=1S/2C24H18S.2C21H27N2.2C10H12O.CH4.3ClH.K.2Ru/c2*25-24-22(19-12-6-2-7-13-19)16-21(18-10-4-1-5-11-18)17-23(24)20-14-8-3-9-15-20;2*1-14-9-16(3)20(17(4)10-14)22-7-8-23(13-22)21-18(5)11-15(2)12-19(21)6;2*1-8(2)11-10-7-5-4-6-9(10)3;;;;;;;/h2*1-17,25H;2*9-13H,7-8H2,1-6H3;2*3-8H,1-2H3;1H4;3*1H;;;/q;;2*-1;;;;;;;2*+1;+2/p-5. The Morgan fingerprint density at radius 3 is 0.768 bits per heavy atom. The van der Waals surface area contributed by atoms with Crippen molar-refractivity contribution >= 4 is 86.3 Å². The number of nitrogens with zero attached hydrogens (tertiary/aromatic N) is 4. The number of aryl methyl sites for hydroxylation is 12. The molecule has 2 fully saturated rings. The number of rotatable bonds is 16. The third-order valence-corrected chi connectivity index (χ3v) is 24.9. The van der Waals surface area contributed by atoms with E-state index in [4.69, 9.17) is 63.8 Å². The van der Waals surface area contributed by atoms with Gasteiger partial charge in [-0.1, -0.05) is 260 Å². The molecule has 0 radical (unpaired) electrons. The summed E-state index contributed by atoms with van der Waals surface area (Å²) >= 11 is 9.77. The van der Waals surface area contributed by atoms with Gasteiger partial charge in [-0.05, 0) is 219 Å². The monoisotopic (exact) mass is 1950 g/mol. The van der Waals surface area contributed by atoms with E-state index >= 15 is 0 Å². The molecule has 125 heavy (non-hydrogen) atoms. The maximum atomic E-state index is 5.87. The molecule has 0 aromatic heterocycles. The van der Waals surface area contributed by atoms with E-state index in [9.17, 15) is 0 Å². The fraction of sp³-hybridized carbons (Fsp3) is 0.207. The zero-order chi connectivity index (χ0) is 87.8. The number of benzene rings is 14. The molecule has 0 N–H and O–H groups in total. The minimum Gasteiger partial charge on any atom is -0.779 e. The van der Waals surface area contributed by atoms with Crippen molar-refractivity contribution in [1.82, 2.24) is 0 Å². The topological polar surface area (TPSA) is 31.4 Å². The predicted molar refractivity (Wildman–Crippen MR) is 536 cm³/mol. The zero-order valence-electron chi connectivity index (χ0n) is 74.4. The molecular formula is C111H116Cl3KN4O2Ru2S2-3. The van der Waals surface area contributed by atoms with Gasteiger partial charge in [0, 0.05) is 48.9 Å². The molecule has 16 rings (SSSR count). The molecule has 645 valence electrons. The normalized spacial score (nSPS) is 12.1. The van der Waals surface area contributed by atoms with Crippen LogP contribution >= 0.6 is 29.1 Å². The Labute approximate surface area is 825 Å². The molecule has 6 nitrogen and oxygen atoms in total. The molecule has 0 unspecified atom stereocenters. The van der Waals surface area contributed by atoms with E-state index in [1.807, 2.05) is 122 Å². The van der Waals surface area contributed by atoms with Gasteiger partial charge in [0.25, 0.3) is 0 Å². The molecule has 0 spiro atoms. The number of halogens is 3. The summed E-state index contributed by atoms with van der Waals surface area (Å²) in [4.78, 5) is 11.4. The van der Waals surface area contributed by atoms with Crippen LogP contribution in [0.3, 0.4) is 0 Å². The van der Waals surface area contributed by atoms with E-state index in [0.29, 0.717) is 0 Å². The van der Waals surface area contributed by atoms with Gasteiger partial charge in [-0.3, -0.25) is 0 Å². The summed E-state index contributed by atoms with van der Waals surface area (Å²) in [6, 6.07) is 105. The van der Waals surface area contributed by atoms with E-state index in [-0.39, 0.29) is 86.7 Å². The number of para-hydroxylation sites is 2. The van der Waals surface area contributed by atoms with Crippen LogP contribution in [0.15, 0.2) is 313 Å². The summed E-state index contributed by atoms with van der Waals surface area (Å²) in [7, 11) is 17.4. The van der Waals surface area contributed by atoms with Crippen LogP contribution in [-0.4, -0.2) is 47.6 Å². The van der Waals surface area contributed by atoms with Crippen LogP contribution in [0.2, 0.25) is 0 Å². The number of hydrogen-bond donors (Lipinski definition) is 0. The van der Waals surface area contributed by atoms with Gasteiger partial charge in [-0.2, -0.15) is 23.1 Å². The van der Waals surface area contributed by atoms with Gasteiger partial charge in [0.1, 0.15) is 0 Å². The number of ether oxygens (including phenoxy) is 2. The average molecular weight is 1950 g/mol. The second-order valence-corrected chi connectivity index (χ2v) is 40.2. The van der Waals surface area contributed by atoms with Crippen molar-refractivity contribution in [2.75, 3.05) is 45.8 Å². The van der Waals surface area contributed by atoms with Gasteiger partial charge in [0.15, 0.2) is 0 Å². The second kappa shape index (κ2) is 49.4. The summed E-state index contributed by atoms with van der Waals surface area (Å²) in [6.45, 7) is 43.2. The summed E-state index contributed by atoms with van der Waals surface area (Å²) in [5.41, 5.74) is 37.6. The Balaban J connectivity index is 0.000000172. The number of hydrogen-bond acceptors (Lipinski definition) is 8. The van der Waals surface area contributed by atoms with Gasteiger partial charge in [0.05, 0.1) is 0 Å². The zero-order valence-corrected chi connectivity index (χ0v) is 84.9. The summed E-state index contributed by atoms with van der Waals surface area (Å²) in [5, 5.41) is 0. The van der Waals surface area contributed by atoms with Crippen LogP contribution in [0.1, 0.15) is 113 Å². The molecule has 14 aromatic carbocycles. The van der Waals surface area contributed by atoms with Crippen molar-refractivity contribution < 1.29 is 90.1 Å². The summed E-state index contributed by atoms with van der Waals surface area (Å²) in [6.07, 6.45) is 0.372. The van der Waals surface area contributed by atoms with E-state index in [1.165, 1.54) is 112 Å². The quantitative estimate of drug-likeness (QED) is 0.0537. The van der Waals surface area contributed by atoms with E-state index < -0.39 is 13.5 Å². The Morgan fingerprint density at radius 1 is 0.320 bits per heavy atom. The molecule has 14 heteroatoms. The molecule has 0 atom stereocenters. The van der Waals surface area contributed by atoms with Crippen molar-refractivity contribution in [3.8, 4) is 78.3 Å². The van der Waals surface area contributed by atoms with Crippen molar-refractivity contribution in [3.05, 3.63) is 395 Å². The molecule has 0 bridgehead atoms. The molecule has 0 saturated carbocycles. The molecule has 0 amide bonds. The van der Waals surface area contributed by atoms with Crippen LogP contribution in [0.25, 0.3) is 66.8 Å². The maximum absolute atomic E-state index is 5.87. The Kier molecular flexibility index (Phi) is 39.7. The SMILES string of the molecule is C.CC(C)Oc1ccccc1[CH]=[Ru]([Cl])[Cl].CC(C)Oc1ccccc1[CH]=[Ru][Cl].Cc1cc(C)c(N2[CH-]N(c3c(C)cc(C)cc3C)CC2)c(C)c1.Cc1cc(C)c(N2[CH-]N(c3c(C)cc(C)cc3C)CC2)c(C)c1.[K+].[S-]c1c(-c2ccccc2)cc(-c2ccccc2)cc1-c1ccccc1.[S-]c1c(-c2ccccc2)cc(-c2ccccc2)cc1-c1ccccc1. The first-order valence-corrected chi connectivity index (χ1v) is 51.3. The third-order valence-electron chi connectivity index (χ3n) is 21.0.